The third kappa shape index (κ3) is 4.15. The molecule has 1 heterocycles. The number of amides is 1. The van der Waals surface area contributed by atoms with Crippen molar-refractivity contribution in [3.05, 3.63) is 70.5 Å². The van der Waals surface area contributed by atoms with Gasteiger partial charge in [-0.3, -0.25) is 4.79 Å². The molecule has 2 aromatic rings. The Morgan fingerprint density at radius 3 is 2.75 bits per heavy atom. The molecule has 0 saturated carbocycles. The molecule has 1 aliphatic heterocycles. The van der Waals surface area contributed by atoms with Crippen LogP contribution in [0.15, 0.2) is 48.5 Å². The van der Waals surface area contributed by atoms with Gasteiger partial charge in [0.15, 0.2) is 0 Å². The van der Waals surface area contributed by atoms with E-state index in [1.165, 1.54) is 11.6 Å². The number of carbonyl (C=O) groups is 1. The maximum Gasteiger partial charge on any atom is 0.223 e. The fraction of sp³-hybridized carbons (Fsp3) is 0.350. The summed E-state index contributed by atoms with van der Waals surface area (Å²) in [5, 5.41) is 0.727. The smallest absolute Gasteiger partial charge is 0.223 e. The minimum Gasteiger partial charge on any atom is -0.336 e. The number of rotatable bonds is 5. The van der Waals surface area contributed by atoms with Crippen molar-refractivity contribution in [1.29, 1.82) is 0 Å². The van der Waals surface area contributed by atoms with Gasteiger partial charge in [-0.1, -0.05) is 35.9 Å². The van der Waals surface area contributed by atoms with Gasteiger partial charge in [0.1, 0.15) is 5.82 Å². The van der Waals surface area contributed by atoms with E-state index in [0.717, 1.165) is 42.8 Å². The summed E-state index contributed by atoms with van der Waals surface area (Å²) in [6.07, 6.45) is 4.08. The molecule has 2 nitrogen and oxygen atoms in total. The van der Waals surface area contributed by atoms with Crippen molar-refractivity contribution in [3.8, 4) is 0 Å². The van der Waals surface area contributed by atoms with Gasteiger partial charge < -0.3 is 4.90 Å². The van der Waals surface area contributed by atoms with Gasteiger partial charge >= 0.3 is 0 Å². The van der Waals surface area contributed by atoms with E-state index < -0.39 is 0 Å². The summed E-state index contributed by atoms with van der Waals surface area (Å²) in [4.78, 5) is 14.5. The van der Waals surface area contributed by atoms with Crippen LogP contribution >= 0.6 is 11.6 Å². The lowest BCUT2D eigenvalue weighted by Crippen LogP contribution is -2.30. The van der Waals surface area contributed by atoms with Crippen LogP contribution in [0.5, 0.6) is 0 Å². The highest BCUT2D eigenvalue weighted by Crippen LogP contribution is 2.32. The molecule has 126 valence electrons. The summed E-state index contributed by atoms with van der Waals surface area (Å²) in [6.45, 7) is 0.765. The Bertz CT molecular complexity index is 701. The quantitative estimate of drug-likeness (QED) is 0.732. The molecule has 1 saturated heterocycles. The van der Waals surface area contributed by atoms with Crippen LogP contribution in [-0.4, -0.2) is 17.4 Å². The molecule has 3 rings (SSSR count). The molecule has 0 radical (unpaired) electrons. The molecule has 24 heavy (non-hydrogen) atoms. The highest BCUT2D eigenvalue weighted by atomic mass is 35.5. The number of carbonyl (C=O) groups excluding carboxylic acids is 1. The number of halogens is 2. The van der Waals surface area contributed by atoms with Crippen molar-refractivity contribution in [2.75, 3.05) is 6.54 Å². The van der Waals surface area contributed by atoms with Crippen LogP contribution in [0.25, 0.3) is 0 Å². The number of aryl methyl sites for hydroxylation is 1. The lowest BCUT2D eigenvalue weighted by molar-refractivity contribution is -0.132. The highest BCUT2D eigenvalue weighted by Gasteiger charge is 2.29. The molecule has 0 N–H and O–H groups in total. The van der Waals surface area contributed by atoms with Gasteiger partial charge in [-0.25, -0.2) is 4.39 Å². The largest absolute Gasteiger partial charge is 0.336 e. The minimum absolute atomic E-state index is 0.0173. The average molecular weight is 346 g/mol. The van der Waals surface area contributed by atoms with Crippen LogP contribution in [0.4, 0.5) is 4.39 Å². The maximum atomic E-state index is 13.5. The van der Waals surface area contributed by atoms with E-state index in [9.17, 15) is 9.18 Å². The summed E-state index contributed by atoms with van der Waals surface area (Å²) in [5.74, 6) is -0.0785. The second-order valence-corrected chi connectivity index (χ2v) is 6.72. The van der Waals surface area contributed by atoms with Crippen LogP contribution in [0.1, 0.15) is 42.9 Å². The first-order chi connectivity index (χ1) is 11.6. The van der Waals surface area contributed by atoms with E-state index in [4.69, 9.17) is 11.6 Å². The lowest BCUT2D eigenvalue weighted by Gasteiger charge is -2.25. The van der Waals surface area contributed by atoms with Gasteiger partial charge in [0.25, 0.3) is 0 Å². The molecule has 1 unspecified atom stereocenters. The van der Waals surface area contributed by atoms with Crippen molar-refractivity contribution in [2.45, 2.75) is 38.1 Å². The molecule has 1 atom stereocenters. The third-order valence-corrected chi connectivity index (χ3v) is 4.83. The molecule has 1 aliphatic rings. The van der Waals surface area contributed by atoms with Crippen molar-refractivity contribution >= 4 is 17.5 Å². The third-order valence-electron chi connectivity index (χ3n) is 4.58. The number of benzene rings is 2. The Hall–Kier alpha value is -1.87. The molecule has 2 aromatic carbocycles. The monoisotopic (exact) mass is 345 g/mol. The molecule has 4 heteroatoms. The normalized spacial score (nSPS) is 17.2. The van der Waals surface area contributed by atoms with Gasteiger partial charge in [-0.15, -0.1) is 0 Å². The molecule has 0 bridgehead atoms. The fourth-order valence-corrected chi connectivity index (χ4v) is 3.49. The standard InChI is InChI=1S/C20H21ClFNO/c21-17-11-9-15(10-12-17)4-1-8-20(24)23-13-3-7-19(23)16-5-2-6-18(22)14-16/h2,5-6,9-12,14,19H,1,3-4,7-8,13H2. The van der Waals surface area contributed by atoms with Gasteiger partial charge in [0.05, 0.1) is 6.04 Å². The second-order valence-electron chi connectivity index (χ2n) is 6.28. The Balaban J connectivity index is 1.56. The lowest BCUT2D eigenvalue weighted by atomic mass is 10.0. The summed E-state index contributed by atoms with van der Waals surface area (Å²) >= 11 is 5.88. The summed E-state index contributed by atoms with van der Waals surface area (Å²) in [7, 11) is 0. The van der Waals surface area contributed by atoms with Crippen molar-refractivity contribution < 1.29 is 9.18 Å². The summed E-state index contributed by atoms with van der Waals surface area (Å²) in [6, 6.07) is 14.4. The highest BCUT2D eigenvalue weighted by molar-refractivity contribution is 6.30. The zero-order valence-electron chi connectivity index (χ0n) is 13.6. The molecular formula is C20H21ClFNO. The maximum absolute atomic E-state index is 13.5. The van der Waals surface area contributed by atoms with Crippen molar-refractivity contribution in [3.63, 3.8) is 0 Å². The van der Waals surface area contributed by atoms with E-state index in [1.54, 1.807) is 12.1 Å². The number of likely N-dealkylation sites (tertiary alicyclic amines) is 1. The van der Waals surface area contributed by atoms with Crippen LogP contribution in [0.3, 0.4) is 0 Å². The SMILES string of the molecule is O=C(CCCc1ccc(Cl)cc1)N1CCCC1c1cccc(F)c1. The average Bonchev–Trinajstić information content (AvgIpc) is 3.06. The molecule has 0 aromatic heterocycles. The van der Waals surface area contributed by atoms with Crippen LogP contribution in [-0.2, 0) is 11.2 Å². The Morgan fingerprint density at radius 2 is 2.00 bits per heavy atom. The molecule has 1 amide bonds. The van der Waals surface area contributed by atoms with Crippen molar-refractivity contribution in [1.82, 2.24) is 4.90 Å². The van der Waals surface area contributed by atoms with E-state index in [2.05, 4.69) is 0 Å². The zero-order chi connectivity index (χ0) is 16.9. The van der Waals surface area contributed by atoms with Crippen LogP contribution < -0.4 is 0 Å². The van der Waals surface area contributed by atoms with Gasteiger partial charge in [-0.05, 0) is 61.1 Å². The summed E-state index contributed by atoms with van der Waals surface area (Å²) < 4.78 is 13.5. The Labute approximate surface area is 147 Å². The van der Waals surface area contributed by atoms with E-state index in [-0.39, 0.29) is 17.8 Å². The minimum atomic E-state index is -0.241. The van der Waals surface area contributed by atoms with Crippen molar-refractivity contribution in [2.24, 2.45) is 0 Å². The predicted molar refractivity (Wildman–Crippen MR) is 94.5 cm³/mol. The van der Waals surface area contributed by atoms with E-state index >= 15 is 0 Å². The molecule has 1 fully saturated rings. The Kier molecular flexibility index (Phi) is 5.52. The molecular weight excluding hydrogens is 325 g/mol. The van der Waals surface area contributed by atoms with Gasteiger partial charge in [0.2, 0.25) is 5.91 Å². The first-order valence-corrected chi connectivity index (χ1v) is 8.80. The molecule has 0 aliphatic carbocycles. The Morgan fingerprint density at radius 1 is 1.21 bits per heavy atom. The molecule has 0 spiro atoms. The topological polar surface area (TPSA) is 20.3 Å². The zero-order valence-corrected chi connectivity index (χ0v) is 14.3. The number of hydrogen-bond donors (Lipinski definition) is 0. The van der Waals surface area contributed by atoms with Gasteiger partial charge in [0, 0.05) is 18.0 Å². The second kappa shape index (κ2) is 7.80. The van der Waals surface area contributed by atoms with Gasteiger partial charge in [-0.2, -0.15) is 0 Å². The van der Waals surface area contributed by atoms with Crippen LogP contribution in [0.2, 0.25) is 5.02 Å². The summed E-state index contributed by atoms with van der Waals surface area (Å²) in [5.41, 5.74) is 2.09. The number of hydrogen-bond acceptors (Lipinski definition) is 1. The predicted octanol–water partition coefficient (Wildman–Crippen LogP) is 5.17. The van der Waals surface area contributed by atoms with E-state index in [0.29, 0.717) is 6.42 Å². The number of nitrogens with zero attached hydrogens (tertiary/aromatic N) is 1. The first-order valence-electron chi connectivity index (χ1n) is 8.43. The first kappa shape index (κ1) is 17.0. The fourth-order valence-electron chi connectivity index (χ4n) is 3.36. The van der Waals surface area contributed by atoms with E-state index in [1.807, 2.05) is 35.2 Å². The van der Waals surface area contributed by atoms with Crippen LogP contribution in [0, 0.1) is 5.82 Å².